The molecule has 156 valence electrons. The van der Waals surface area contributed by atoms with Gasteiger partial charge in [0.15, 0.2) is 11.0 Å². The van der Waals surface area contributed by atoms with E-state index >= 15 is 0 Å². The Morgan fingerprint density at radius 3 is 2.65 bits per heavy atom. The number of carbonyl (C=O) groups excluding carboxylic acids is 1. The Balaban J connectivity index is 1.57. The molecule has 1 atom stereocenters. The number of halogens is 1. The van der Waals surface area contributed by atoms with Crippen molar-refractivity contribution in [2.24, 2.45) is 0 Å². The highest BCUT2D eigenvalue weighted by molar-refractivity contribution is 8.00. The van der Waals surface area contributed by atoms with Crippen molar-refractivity contribution in [1.29, 1.82) is 0 Å². The molecule has 0 radical (unpaired) electrons. The Bertz CT molecular complexity index is 1150. The number of carbonyl (C=O) groups is 1. The van der Waals surface area contributed by atoms with E-state index < -0.39 is 5.25 Å². The van der Waals surface area contributed by atoms with E-state index in [1.54, 1.807) is 24.5 Å². The van der Waals surface area contributed by atoms with E-state index in [1.807, 2.05) is 54.0 Å². The minimum Gasteiger partial charge on any atom is -0.310 e. The van der Waals surface area contributed by atoms with Gasteiger partial charge in [-0.25, -0.2) is 4.98 Å². The highest BCUT2D eigenvalue weighted by Gasteiger charge is 2.21. The largest absolute Gasteiger partial charge is 0.310 e. The average molecular weight is 451 g/mol. The molecule has 0 bridgehead atoms. The van der Waals surface area contributed by atoms with Crippen LogP contribution in [-0.2, 0) is 11.3 Å². The van der Waals surface area contributed by atoms with Gasteiger partial charge >= 0.3 is 0 Å². The maximum atomic E-state index is 12.7. The summed E-state index contributed by atoms with van der Waals surface area (Å²) in [6.45, 7) is 2.40. The van der Waals surface area contributed by atoms with Crippen molar-refractivity contribution in [2.45, 2.75) is 23.9 Å². The lowest BCUT2D eigenvalue weighted by atomic mass is 10.2. The fraction of sp³-hybridized carbons (Fsp3) is 0.136. The first-order valence-corrected chi connectivity index (χ1v) is 10.8. The molecule has 4 aromatic rings. The number of aromatic nitrogens is 5. The molecule has 0 aliphatic heterocycles. The van der Waals surface area contributed by atoms with Gasteiger partial charge in [0.2, 0.25) is 5.91 Å². The Hall–Kier alpha value is -3.23. The van der Waals surface area contributed by atoms with Crippen molar-refractivity contribution in [1.82, 2.24) is 24.7 Å². The first-order chi connectivity index (χ1) is 15.1. The fourth-order valence-corrected chi connectivity index (χ4v) is 3.84. The normalized spacial score (nSPS) is 11.8. The second-order valence-corrected chi connectivity index (χ2v) is 8.48. The van der Waals surface area contributed by atoms with Crippen LogP contribution < -0.4 is 5.32 Å². The summed E-state index contributed by atoms with van der Waals surface area (Å²) in [4.78, 5) is 21.0. The highest BCUT2D eigenvalue weighted by Crippen LogP contribution is 2.28. The predicted octanol–water partition coefficient (Wildman–Crippen LogP) is 4.56. The van der Waals surface area contributed by atoms with Gasteiger partial charge in [-0.05, 0) is 36.8 Å². The standard InChI is InChI=1S/C22H19ClN6OS/c1-15(21(30)26-19-10-9-18(23)13-25-19)31-22-28-27-20(17-8-5-11-24-12-17)29(22)14-16-6-3-2-4-7-16/h2-13,15H,14H2,1H3,(H,25,26,30). The minimum atomic E-state index is -0.419. The van der Waals surface area contributed by atoms with Crippen molar-refractivity contribution in [3.8, 4) is 11.4 Å². The number of hydrogen-bond acceptors (Lipinski definition) is 6. The maximum Gasteiger partial charge on any atom is 0.238 e. The van der Waals surface area contributed by atoms with Gasteiger partial charge in [0.05, 0.1) is 16.8 Å². The van der Waals surface area contributed by atoms with Crippen molar-refractivity contribution in [3.05, 3.63) is 83.8 Å². The molecule has 1 N–H and O–H groups in total. The van der Waals surface area contributed by atoms with Gasteiger partial charge in [-0.1, -0.05) is 53.7 Å². The third-order valence-electron chi connectivity index (χ3n) is 4.45. The summed E-state index contributed by atoms with van der Waals surface area (Å²) in [5.74, 6) is 0.965. The van der Waals surface area contributed by atoms with Crippen molar-refractivity contribution in [3.63, 3.8) is 0 Å². The summed E-state index contributed by atoms with van der Waals surface area (Å²) in [5, 5.41) is 12.3. The Labute approximate surface area is 188 Å². The molecule has 3 heterocycles. The van der Waals surface area contributed by atoms with Gasteiger partial charge in [0.1, 0.15) is 5.82 Å². The van der Waals surface area contributed by atoms with Crippen LogP contribution in [0.5, 0.6) is 0 Å². The molecular weight excluding hydrogens is 432 g/mol. The summed E-state index contributed by atoms with van der Waals surface area (Å²) in [6, 6.07) is 17.2. The van der Waals surface area contributed by atoms with Crippen molar-refractivity contribution in [2.75, 3.05) is 5.32 Å². The lowest BCUT2D eigenvalue weighted by Crippen LogP contribution is -2.23. The maximum absolute atomic E-state index is 12.7. The summed E-state index contributed by atoms with van der Waals surface area (Å²) < 4.78 is 2.00. The van der Waals surface area contributed by atoms with Crippen LogP contribution in [0.15, 0.2) is 78.3 Å². The van der Waals surface area contributed by atoms with E-state index in [-0.39, 0.29) is 5.91 Å². The van der Waals surface area contributed by atoms with Gasteiger partial charge in [-0.3, -0.25) is 14.3 Å². The van der Waals surface area contributed by atoms with Crippen LogP contribution >= 0.6 is 23.4 Å². The average Bonchev–Trinajstić information content (AvgIpc) is 3.18. The smallest absolute Gasteiger partial charge is 0.238 e. The highest BCUT2D eigenvalue weighted by atomic mass is 35.5. The van der Waals surface area contributed by atoms with E-state index in [2.05, 4.69) is 25.5 Å². The van der Waals surface area contributed by atoms with Crippen LogP contribution in [-0.4, -0.2) is 35.9 Å². The molecule has 0 spiro atoms. The minimum absolute atomic E-state index is 0.183. The van der Waals surface area contributed by atoms with E-state index in [0.717, 1.165) is 11.1 Å². The first-order valence-electron chi connectivity index (χ1n) is 9.57. The van der Waals surface area contributed by atoms with Gasteiger partial charge in [-0.15, -0.1) is 10.2 Å². The Morgan fingerprint density at radius 2 is 1.94 bits per heavy atom. The molecular formula is C22H19ClN6OS. The number of nitrogens with zero attached hydrogens (tertiary/aromatic N) is 5. The zero-order chi connectivity index (χ0) is 21.6. The number of thioether (sulfide) groups is 1. The van der Waals surface area contributed by atoms with Crippen LogP contribution in [0.3, 0.4) is 0 Å². The molecule has 1 aromatic carbocycles. The number of pyridine rings is 2. The van der Waals surface area contributed by atoms with Crippen molar-refractivity contribution >= 4 is 35.1 Å². The van der Waals surface area contributed by atoms with E-state index in [0.29, 0.717) is 28.4 Å². The molecule has 31 heavy (non-hydrogen) atoms. The van der Waals surface area contributed by atoms with Crippen LogP contribution in [0.1, 0.15) is 12.5 Å². The quantitative estimate of drug-likeness (QED) is 0.415. The second-order valence-electron chi connectivity index (χ2n) is 6.73. The van der Waals surface area contributed by atoms with E-state index in [1.165, 1.54) is 18.0 Å². The Morgan fingerprint density at radius 1 is 1.10 bits per heavy atom. The number of nitrogens with one attached hydrogen (secondary N) is 1. The van der Waals surface area contributed by atoms with Gasteiger partial charge in [0, 0.05) is 24.2 Å². The van der Waals surface area contributed by atoms with Gasteiger partial charge in [0.25, 0.3) is 0 Å². The molecule has 0 saturated heterocycles. The fourth-order valence-electron chi connectivity index (χ4n) is 2.88. The molecule has 1 unspecified atom stereocenters. The molecule has 7 nitrogen and oxygen atoms in total. The van der Waals surface area contributed by atoms with Crippen molar-refractivity contribution < 1.29 is 4.79 Å². The van der Waals surface area contributed by atoms with E-state index in [4.69, 9.17) is 11.6 Å². The topological polar surface area (TPSA) is 85.6 Å². The number of amides is 1. The predicted molar refractivity (Wildman–Crippen MR) is 122 cm³/mol. The molecule has 4 rings (SSSR count). The molecule has 0 aliphatic carbocycles. The molecule has 0 fully saturated rings. The SMILES string of the molecule is CC(Sc1nnc(-c2cccnc2)n1Cc1ccccc1)C(=O)Nc1ccc(Cl)cn1. The molecule has 1 amide bonds. The number of benzene rings is 1. The zero-order valence-corrected chi connectivity index (χ0v) is 18.2. The summed E-state index contributed by atoms with van der Waals surface area (Å²) in [5.41, 5.74) is 1.97. The summed E-state index contributed by atoms with van der Waals surface area (Å²) in [6.07, 6.45) is 4.96. The first kappa shape index (κ1) is 21.0. The summed E-state index contributed by atoms with van der Waals surface area (Å²) in [7, 11) is 0. The molecule has 3 aromatic heterocycles. The molecule has 9 heteroatoms. The monoisotopic (exact) mass is 450 g/mol. The third kappa shape index (κ3) is 5.28. The van der Waals surface area contributed by atoms with E-state index in [9.17, 15) is 4.79 Å². The molecule has 0 aliphatic rings. The van der Waals surface area contributed by atoms with Gasteiger partial charge in [-0.2, -0.15) is 0 Å². The second kappa shape index (κ2) is 9.72. The van der Waals surface area contributed by atoms with Gasteiger partial charge < -0.3 is 5.32 Å². The van der Waals surface area contributed by atoms with Crippen LogP contribution in [0, 0.1) is 0 Å². The van der Waals surface area contributed by atoms with Crippen LogP contribution in [0.2, 0.25) is 5.02 Å². The number of hydrogen-bond donors (Lipinski definition) is 1. The molecule has 0 saturated carbocycles. The summed E-state index contributed by atoms with van der Waals surface area (Å²) >= 11 is 7.19. The Kier molecular flexibility index (Phi) is 6.59. The zero-order valence-electron chi connectivity index (χ0n) is 16.6. The van der Waals surface area contributed by atoms with Crippen LogP contribution in [0.4, 0.5) is 5.82 Å². The van der Waals surface area contributed by atoms with Crippen LogP contribution in [0.25, 0.3) is 11.4 Å². The third-order valence-corrected chi connectivity index (χ3v) is 5.75. The number of rotatable bonds is 7. The lowest BCUT2D eigenvalue weighted by Gasteiger charge is -2.14. The lowest BCUT2D eigenvalue weighted by molar-refractivity contribution is -0.115. The number of anilines is 1.